The Balaban J connectivity index is 2.45. The highest BCUT2D eigenvalue weighted by Gasteiger charge is 2.31. The molecule has 1 saturated carbocycles. The fourth-order valence-electron chi connectivity index (χ4n) is 2.14. The average molecular weight is 234 g/mol. The zero-order valence-electron chi connectivity index (χ0n) is 10.3. The molecule has 2 N–H and O–H groups in total. The van der Waals surface area contributed by atoms with Crippen LogP contribution in [0.4, 0.5) is 11.4 Å². The number of nitrogens with two attached hydrogens (primary N) is 1. The minimum absolute atomic E-state index is 0.327. The number of ether oxygens (including phenoxy) is 1. The SMILES string of the molecule is CCN(c1c(N)cccc1C(=O)OC)C1CC1. The van der Waals surface area contributed by atoms with Crippen LogP contribution in [-0.2, 0) is 4.74 Å². The van der Waals surface area contributed by atoms with Crippen molar-refractivity contribution >= 4 is 17.3 Å². The fraction of sp³-hybridized carbons (Fsp3) is 0.462. The molecule has 1 aliphatic rings. The van der Waals surface area contributed by atoms with Gasteiger partial charge in [0, 0.05) is 12.6 Å². The standard InChI is InChI=1S/C13H18N2O2/c1-3-15(9-7-8-9)12-10(13(16)17-2)5-4-6-11(12)14/h4-6,9H,3,7-8,14H2,1-2H3. The van der Waals surface area contributed by atoms with E-state index in [1.54, 1.807) is 12.1 Å². The van der Waals surface area contributed by atoms with E-state index < -0.39 is 0 Å². The Labute approximate surface area is 101 Å². The molecule has 1 aromatic carbocycles. The van der Waals surface area contributed by atoms with Gasteiger partial charge >= 0.3 is 5.97 Å². The summed E-state index contributed by atoms with van der Waals surface area (Å²) in [6.45, 7) is 2.93. The van der Waals surface area contributed by atoms with E-state index in [-0.39, 0.29) is 5.97 Å². The molecule has 0 heterocycles. The van der Waals surface area contributed by atoms with Gasteiger partial charge in [0.05, 0.1) is 24.0 Å². The van der Waals surface area contributed by atoms with Gasteiger partial charge in [-0.05, 0) is 31.9 Å². The van der Waals surface area contributed by atoms with Gasteiger partial charge < -0.3 is 15.4 Å². The summed E-state index contributed by atoms with van der Waals surface area (Å²) in [5, 5.41) is 0. The monoisotopic (exact) mass is 234 g/mol. The number of esters is 1. The predicted molar refractivity (Wildman–Crippen MR) is 68.2 cm³/mol. The fourth-order valence-corrected chi connectivity index (χ4v) is 2.14. The molecule has 0 radical (unpaired) electrons. The third-order valence-electron chi connectivity index (χ3n) is 3.09. The van der Waals surface area contributed by atoms with Crippen molar-refractivity contribution in [2.24, 2.45) is 0 Å². The van der Waals surface area contributed by atoms with E-state index >= 15 is 0 Å². The van der Waals surface area contributed by atoms with Crippen LogP contribution in [0.15, 0.2) is 18.2 Å². The summed E-state index contributed by atoms with van der Waals surface area (Å²) in [6.07, 6.45) is 2.34. The van der Waals surface area contributed by atoms with E-state index in [1.807, 2.05) is 6.07 Å². The topological polar surface area (TPSA) is 55.6 Å². The largest absolute Gasteiger partial charge is 0.465 e. The molecule has 0 bridgehead atoms. The van der Waals surface area contributed by atoms with E-state index in [0.717, 1.165) is 12.2 Å². The highest BCUT2D eigenvalue weighted by atomic mass is 16.5. The molecule has 0 amide bonds. The number of nitrogen functional groups attached to an aromatic ring is 1. The van der Waals surface area contributed by atoms with Crippen LogP contribution in [0, 0.1) is 0 Å². The van der Waals surface area contributed by atoms with Crippen LogP contribution in [0.3, 0.4) is 0 Å². The zero-order chi connectivity index (χ0) is 12.4. The molecule has 0 unspecified atom stereocenters. The summed E-state index contributed by atoms with van der Waals surface area (Å²) in [7, 11) is 1.39. The predicted octanol–water partition coefficient (Wildman–Crippen LogP) is 2.04. The Bertz CT molecular complexity index is 427. The van der Waals surface area contributed by atoms with Gasteiger partial charge in [-0.15, -0.1) is 0 Å². The van der Waals surface area contributed by atoms with Crippen molar-refractivity contribution < 1.29 is 9.53 Å². The first-order chi connectivity index (χ1) is 8.19. The zero-order valence-corrected chi connectivity index (χ0v) is 10.3. The van der Waals surface area contributed by atoms with Gasteiger partial charge in [0.15, 0.2) is 0 Å². The van der Waals surface area contributed by atoms with Crippen molar-refractivity contribution in [3.05, 3.63) is 23.8 Å². The van der Waals surface area contributed by atoms with E-state index in [1.165, 1.54) is 20.0 Å². The molecule has 0 spiro atoms. The van der Waals surface area contributed by atoms with Gasteiger partial charge in [0.2, 0.25) is 0 Å². The van der Waals surface area contributed by atoms with Gasteiger partial charge in [-0.1, -0.05) is 6.07 Å². The van der Waals surface area contributed by atoms with Crippen molar-refractivity contribution in [2.75, 3.05) is 24.3 Å². The van der Waals surface area contributed by atoms with Crippen LogP contribution in [0.2, 0.25) is 0 Å². The number of carbonyl (C=O) groups excluding carboxylic acids is 1. The Morgan fingerprint density at radius 1 is 1.53 bits per heavy atom. The van der Waals surface area contributed by atoms with Crippen LogP contribution < -0.4 is 10.6 Å². The average Bonchev–Trinajstić information content (AvgIpc) is 3.15. The van der Waals surface area contributed by atoms with Gasteiger partial charge in [0.1, 0.15) is 0 Å². The number of carbonyl (C=O) groups is 1. The van der Waals surface area contributed by atoms with Crippen LogP contribution >= 0.6 is 0 Å². The van der Waals surface area contributed by atoms with Gasteiger partial charge in [0.25, 0.3) is 0 Å². The van der Waals surface area contributed by atoms with E-state index in [9.17, 15) is 4.79 Å². The first kappa shape index (κ1) is 11.8. The number of hydrogen-bond acceptors (Lipinski definition) is 4. The number of rotatable bonds is 4. The second-order valence-electron chi connectivity index (χ2n) is 4.25. The molecule has 1 fully saturated rings. The Morgan fingerprint density at radius 2 is 2.24 bits per heavy atom. The molecular weight excluding hydrogens is 216 g/mol. The number of nitrogens with zero attached hydrogens (tertiary/aromatic N) is 1. The van der Waals surface area contributed by atoms with Crippen molar-refractivity contribution in [2.45, 2.75) is 25.8 Å². The summed E-state index contributed by atoms with van der Waals surface area (Å²) in [4.78, 5) is 13.9. The Morgan fingerprint density at radius 3 is 2.76 bits per heavy atom. The van der Waals surface area contributed by atoms with E-state index in [2.05, 4.69) is 11.8 Å². The summed E-state index contributed by atoms with van der Waals surface area (Å²) in [5.41, 5.74) is 8.03. The Kier molecular flexibility index (Phi) is 3.22. The number of para-hydroxylation sites is 1. The second kappa shape index (κ2) is 4.65. The number of anilines is 2. The molecule has 4 nitrogen and oxygen atoms in total. The maximum Gasteiger partial charge on any atom is 0.340 e. The first-order valence-corrected chi connectivity index (χ1v) is 5.92. The smallest absolute Gasteiger partial charge is 0.340 e. The van der Waals surface area contributed by atoms with Gasteiger partial charge in [-0.3, -0.25) is 0 Å². The van der Waals surface area contributed by atoms with E-state index in [4.69, 9.17) is 10.5 Å². The minimum Gasteiger partial charge on any atom is -0.465 e. The number of methoxy groups -OCH3 is 1. The summed E-state index contributed by atoms with van der Waals surface area (Å²) < 4.78 is 4.81. The van der Waals surface area contributed by atoms with Crippen molar-refractivity contribution in [1.82, 2.24) is 0 Å². The number of hydrogen-bond donors (Lipinski definition) is 1. The molecule has 1 aliphatic carbocycles. The lowest BCUT2D eigenvalue weighted by Gasteiger charge is -2.26. The number of benzene rings is 1. The van der Waals surface area contributed by atoms with Crippen molar-refractivity contribution in [3.8, 4) is 0 Å². The molecule has 0 aromatic heterocycles. The maximum atomic E-state index is 11.7. The van der Waals surface area contributed by atoms with Crippen LogP contribution in [0.5, 0.6) is 0 Å². The first-order valence-electron chi connectivity index (χ1n) is 5.92. The van der Waals surface area contributed by atoms with Gasteiger partial charge in [-0.2, -0.15) is 0 Å². The third-order valence-corrected chi connectivity index (χ3v) is 3.09. The normalized spacial score (nSPS) is 14.5. The van der Waals surface area contributed by atoms with E-state index in [0.29, 0.717) is 17.3 Å². The van der Waals surface area contributed by atoms with Gasteiger partial charge in [-0.25, -0.2) is 4.79 Å². The molecule has 4 heteroatoms. The second-order valence-corrected chi connectivity index (χ2v) is 4.25. The molecule has 17 heavy (non-hydrogen) atoms. The molecule has 2 rings (SSSR count). The lowest BCUT2D eigenvalue weighted by Crippen LogP contribution is -2.28. The van der Waals surface area contributed by atoms with Crippen molar-refractivity contribution in [1.29, 1.82) is 0 Å². The maximum absolute atomic E-state index is 11.7. The molecule has 0 atom stereocenters. The summed E-state index contributed by atoms with van der Waals surface area (Å²) in [6, 6.07) is 5.90. The molecule has 1 aromatic rings. The Hall–Kier alpha value is -1.71. The highest BCUT2D eigenvalue weighted by Crippen LogP contribution is 2.37. The minimum atomic E-state index is -0.327. The lowest BCUT2D eigenvalue weighted by atomic mass is 10.1. The van der Waals surface area contributed by atoms with Crippen LogP contribution in [0.1, 0.15) is 30.1 Å². The molecule has 0 aliphatic heterocycles. The van der Waals surface area contributed by atoms with Crippen molar-refractivity contribution in [3.63, 3.8) is 0 Å². The third kappa shape index (κ3) is 2.20. The molecule has 92 valence electrons. The van der Waals surface area contributed by atoms with Crippen LogP contribution in [-0.4, -0.2) is 25.7 Å². The summed E-state index contributed by atoms with van der Waals surface area (Å²) >= 11 is 0. The lowest BCUT2D eigenvalue weighted by molar-refractivity contribution is 0.0601. The highest BCUT2D eigenvalue weighted by molar-refractivity contribution is 5.99. The molecule has 0 saturated heterocycles. The molecular formula is C13H18N2O2. The quantitative estimate of drug-likeness (QED) is 0.640. The van der Waals surface area contributed by atoms with Crippen LogP contribution in [0.25, 0.3) is 0 Å². The summed E-state index contributed by atoms with van der Waals surface area (Å²) in [5.74, 6) is -0.327.